The first kappa shape index (κ1) is 22.7. The molecule has 4 rings (SSSR count). The van der Waals surface area contributed by atoms with Gasteiger partial charge in [0.25, 0.3) is 15.9 Å². The number of nitrogens with zero attached hydrogens (tertiary/aromatic N) is 2. The van der Waals surface area contributed by atoms with Crippen LogP contribution >= 0.6 is 0 Å². The monoisotopic (exact) mass is 461 g/mol. The van der Waals surface area contributed by atoms with Crippen LogP contribution in [0, 0.1) is 6.92 Å². The van der Waals surface area contributed by atoms with Gasteiger partial charge < -0.3 is 4.57 Å². The molecule has 170 valence electrons. The van der Waals surface area contributed by atoms with Gasteiger partial charge in [0.05, 0.1) is 15.9 Å². The molecular weight excluding hydrogens is 434 g/mol. The normalized spacial score (nSPS) is 12.1. The van der Waals surface area contributed by atoms with Gasteiger partial charge in [0.15, 0.2) is 0 Å². The van der Waals surface area contributed by atoms with Crippen molar-refractivity contribution in [2.24, 2.45) is 0 Å². The summed E-state index contributed by atoms with van der Waals surface area (Å²) < 4.78 is 29.3. The predicted octanol–water partition coefficient (Wildman–Crippen LogP) is 4.81. The minimum absolute atomic E-state index is 0.0168. The van der Waals surface area contributed by atoms with Crippen LogP contribution in [-0.4, -0.2) is 23.9 Å². The first-order valence-corrected chi connectivity index (χ1v) is 12.2. The van der Waals surface area contributed by atoms with Crippen LogP contribution < -0.4 is 4.72 Å². The summed E-state index contributed by atoms with van der Waals surface area (Å²) in [6.07, 6.45) is 0. The first-order chi connectivity index (χ1) is 15.5. The minimum atomic E-state index is -3.97. The van der Waals surface area contributed by atoms with Crippen molar-refractivity contribution in [1.82, 2.24) is 14.3 Å². The fraction of sp³-hybridized carbons (Fsp3) is 0.231. The van der Waals surface area contributed by atoms with E-state index in [-0.39, 0.29) is 16.9 Å². The van der Waals surface area contributed by atoms with E-state index in [0.717, 1.165) is 22.2 Å². The van der Waals surface area contributed by atoms with E-state index in [1.165, 1.54) is 17.7 Å². The largest absolute Gasteiger partial charge is 0.314 e. The highest BCUT2D eigenvalue weighted by Gasteiger charge is 2.21. The number of rotatable bonds is 5. The second-order valence-electron chi connectivity index (χ2n) is 9.18. The Morgan fingerprint density at radius 3 is 2.21 bits per heavy atom. The molecule has 0 radical (unpaired) electrons. The van der Waals surface area contributed by atoms with Crippen LogP contribution in [-0.2, 0) is 26.8 Å². The van der Waals surface area contributed by atoms with E-state index >= 15 is 0 Å². The lowest BCUT2D eigenvalue weighted by Gasteiger charge is -2.19. The van der Waals surface area contributed by atoms with E-state index in [1.807, 2.05) is 43.3 Å². The number of hydrogen-bond acceptors (Lipinski definition) is 4. The van der Waals surface area contributed by atoms with Crippen molar-refractivity contribution in [3.05, 3.63) is 83.9 Å². The Balaban J connectivity index is 1.67. The number of nitrogens with one attached hydrogen (secondary N) is 1. The van der Waals surface area contributed by atoms with Gasteiger partial charge in [-0.1, -0.05) is 74.9 Å². The highest BCUT2D eigenvalue weighted by atomic mass is 32.2. The number of para-hydroxylation sites is 2. The average Bonchev–Trinajstić information content (AvgIpc) is 3.11. The molecule has 6 nitrogen and oxygen atoms in total. The third kappa shape index (κ3) is 4.83. The molecule has 33 heavy (non-hydrogen) atoms. The van der Waals surface area contributed by atoms with Crippen LogP contribution in [0.3, 0.4) is 0 Å². The maximum atomic E-state index is 12.8. The maximum absolute atomic E-state index is 12.8. The number of fused-ring (bicyclic) bond motifs is 1. The average molecular weight is 462 g/mol. The Morgan fingerprint density at radius 1 is 0.939 bits per heavy atom. The standard InChI is InChI=1S/C26H27N3O3S/c1-18-9-15-21(16-10-18)33(31,32)28-24(30)17-29-23-8-6-5-7-22(23)27-25(29)19-11-13-20(14-12-19)26(2,3)4/h5-16H,17H2,1-4H3,(H,28,30). The van der Waals surface area contributed by atoms with Gasteiger partial charge in [-0.3, -0.25) is 4.79 Å². The molecule has 7 heteroatoms. The maximum Gasteiger partial charge on any atom is 0.264 e. The third-order valence-electron chi connectivity index (χ3n) is 5.54. The second kappa shape index (κ2) is 8.48. The van der Waals surface area contributed by atoms with Crippen LogP contribution in [0.1, 0.15) is 31.9 Å². The van der Waals surface area contributed by atoms with Gasteiger partial charge in [0, 0.05) is 5.56 Å². The Morgan fingerprint density at radius 2 is 1.58 bits per heavy atom. The van der Waals surface area contributed by atoms with Gasteiger partial charge in [-0.05, 0) is 42.2 Å². The Hall–Kier alpha value is -3.45. The zero-order valence-corrected chi connectivity index (χ0v) is 20.0. The van der Waals surface area contributed by atoms with E-state index < -0.39 is 15.9 Å². The molecular formula is C26H27N3O3S. The van der Waals surface area contributed by atoms with Crippen LogP contribution in [0.4, 0.5) is 0 Å². The topological polar surface area (TPSA) is 81.1 Å². The molecule has 0 spiro atoms. The smallest absolute Gasteiger partial charge is 0.264 e. The molecule has 0 saturated carbocycles. The number of carbonyl (C=O) groups excluding carboxylic acids is 1. The fourth-order valence-corrected chi connectivity index (χ4v) is 4.65. The summed E-state index contributed by atoms with van der Waals surface area (Å²) in [7, 11) is -3.97. The van der Waals surface area contributed by atoms with Gasteiger partial charge in [-0.25, -0.2) is 18.1 Å². The van der Waals surface area contributed by atoms with Gasteiger partial charge in [0.1, 0.15) is 12.4 Å². The first-order valence-electron chi connectivity index (χ1n) is 10.7. The molecule has 0 saturated heterocycles. The molecule has 0 atom stereocenters. The molecule has 0 aliphatic rings. The number of hydrogen-bond donors (Lipinski definition) is 1. The van der Waals surface area contributed by atoms with Crippen molar-refractivity contribution >= 4 is 27.0 Å². The molecule has 1 aromatic heterocycles. The molecule has 0 bridgehead atoms. The summed E-state index contributed by atoms with van der Waals surface area (Å²) in [4.78, 5) is 17.6. The second-order valence-corrected chi connectivity index (χ2v) is 10.9. The lowest BCUT2D eigenvalue weighted by atomic mass is 9.87. The summed E-state index contributed by atoms with van der Waals surface area (Å²) in [5.41, 5.74) is 4.50. The van der Waals surface area contributed by atoms with Crippen molar-refractivity contribution in [1.29, 1.82) is 0 Å². The van der Waals surface area contributed by atoms with E-state index in [4.69, 9.17) is 4.98 Å². The summed E-state index contributed by atoms with van der Waals surface area (Å²) >= 11 is 0. The molecule has 4 aromatic rings. The fourth-order valence-electron chi connectivity index (χ4n) is 3.68. The number of aryl methyl sites for hydroxylation is 1. The minimum Gasteiger partial charge on any atom is -0.314 e. The molecule has 0 aliphatic carbocycles. The number of aromatic nitrogens is 2. The zero-order valence-electron chi connectivity index (χ0n) is 19.2. The lowest BCUT2D eigenvalue weighted by Crippen LogP contribution is -2.33. The van der Waals surface area contributed by atoms with Crippen LogP contribution in [0.15, 0.2) is 77.7 Å². The van der Waals surface area contributed by atoms with Gasteiger partial charge in [-0.15, -0.1) is 0 Å². The Labute approximate surface area is 194 Å². The molecule has 1 N–H and O–H groups in total. The van der Waals surface area contributed by atoms with Crippen molar-refractivity contribution < 1.29 is 13.2 Å². The number of sulfonamides is 1. The highest BCUT2D eigenvalue weighted by Crippen LogP contribution is 2.28. The highest BCUT2D eigenvalue weighted by molar-refractivity contribution is 7.90. The zero-order chi connectivity index (χ0) is 23.8. The quantitative estimate of drug-likeness (QED) is 0.462. The van der Waals surface area contributed by atoms with E-state index in [2.05, 4.69) is 37.6 Å². The van der Waals surface area contributed by atoms with Crippen LogP contribution in [0.25, 0.3) is 22.4 Å². The summed E-state index contributed by atoms with van der Waals surface area (Å²) in [6.45, 7) is 8.14. The van der Waals surface area contributed by atoms with Crippen molar-refractivity contribution in [3.63, 3.8) is 0 Å². The van der Waals surface area contributed by atoms with Crippen molar-refractivity contribution in [3.8, 4) is 11.4 Å². The molecule has 3 aromatic carbocycles. The molecule has 0 aliphatic heterocycles. The lowest BCUT2D eigenvalue weighted by molar-refractivity contribution is -0.119. The number of carbonyl (C=O) groups is 1. The van der Waals surface area contributed by atoms with Gasteiger partial charge >= 0.3 is 0 Å². The Bertz CT molecular complexity index is 1410. The van der Waals surface area contributed by atoms with E-state index in [1.54, 1.807) is 16.7 Å². The summed E-state index contributed by atoms with van der Waals surface area (Å²) in [6, 6.07) is 21.9. The Kier molecular flexibility index (Phi) is 5.84. The third-order valence-corrected chi connectivity index (χ3v) is 6.93. The molecule has 1 heterocycles. The molecule has 1 amide bonds. The number of imidazole rings is 1. The number of benzene rings is 3. The van der Waals surface area contributed by atoms with Crippen LogP contribution in [0.5, 0.6) is 0 Å². The molecule has 0 unspecified atom stereocenters. The van der Waals surface area contributed by atoms with Crippen molar-refractivity contribution in [2.75, 3.05) is 0 Å². The van der Waals surface area contributed by atoms with Gasteiger partial charge in [-0.2, -0.15) is 0 Å². The van der Waals surface area contributed by atoms with Crippen molar-refractivity contribution in [2.45, 2.75) is 44.6 Å². The van der Waals surface area contributed by atoms with Crippen LogP contribution in [0.2, 0.25) is 0 Å². The SMILES string of the molecule is Cc1ccc(S(=O)(=O)NC(=O)Cn2c(-c3ccc(C(C)(C)C)cc3)nc3ccccc32)cc1. The number of amides is 1. The summed E-state index contributed by atoms with van der Waals surface area (Å²) in [5.74, 6) is -0.0224. The van der Waals surface area contributed by atoms with E-state index in [9.17, 15) is 13.2 Å². The van der Waals surface area contributed by atoms with E-state index in [0.29, 0.717) is 5.82 Å². The molecule has 0 fully saturated rings. The predicted molar refractivity (Wildman–Crippen MR) is 130 cm³/mol. The summed E-state index contributed by atoms with van der Waals surface area (Å²) in [5, 5.41) is 0. The van der Waals surface area contributed by atoms with Gasteiger partial charge in [0.2, 0.25) is 0 Å².